The summed E-state index contributed by atoms with van der Waals surface area (Å²) < 4.78 is 28.2. The number of aliphatic hydroxyl groups is 2. The molecule has 0 radical (unpaired) electrons. The minimum absolute atomic E-state index is 0.0146. The van der Waals surface area contributed by atoms with Crippen LogP contribution in [0, 0.1) is 0 Å². The monoisotopic (exact) mass is 1030 g/mol. The van der Waals surface area contributed by atoms with E-state index in [2.05, 4.69) is 75.5 Å². The van der Waals surface area contributed by atoms with Gasteiger partial charge < -0.3 is 39.0 Å². The van der Waals surface area contributed by atoms with Crippen LogP contribution < -0.4 is 0 Å². The van der Waals surface area contributed by atoms with Crippen molar-refractivity contribution in [2.75, 3.05) is 13.2 Å². The van der Waals surface area contributed by atoms with E-state index in [0.717, 1.165) is 77.0 Å². The lowest BCUT2D eigenvalue weighted by Gasteiger charge is -2.40. The van der Waals surface area contributed by atoms with Crippen molar-refractivity contribution in [1.82, 2.24) is 0 Å². The van der Waals surface area contributed by atoms with Gasteiger partial charge in [0.05, 0.1) is 13.0 Å². The van der Waals surface area contributed by atoms with Crippen LogP contribution in [-0.4, -0.2) is 89.2 Å². The topological polar surface area (TPSA) is 175 Å². The van der Waals surface area contributed by atoms with Crippen molar-refractivity contribution in [3.05, 3.63) is 72.9 Å². The average Bonchev–Trinajstić information content (AvgIpc) is 3.37. The Bertz CT molecular complexity index is 1550. The summed E-state index contributed by atoms with van der Waals surface area (Å²) in [5, 5.41) is 31.4. The number of rotatable bonds is 48. The summed E-state index contributed by atoms with van der Waals surface area (Å²) in [7, 11) is 0. The minimum Gasteiger partial charge on any atom is -0.479 e. The number of aliphatic carboxylic acids is 1. The van der Waals surface area contributed by atoms with Crippen LogP contribution >= 0.6 is 0 Å². The highest BCUT2D eigenvalue weighted by Crippen LogP contribution is 2.26. The predicted octanol–water partition coefficient (Wildman–Crippen LogP) is 14.6. The van der Waals surface area contributed by atoms with Gasteiger partial charge in [-0.15, -0.1) is 0 Å². The van der Waals surface area contributed by atoms with Crippen LogP contribution in [0.1, 0.15) is 239 Å². The molecule has 0 aromatic carbocycles. The number of esters is 3. The molecule has 6 unspecified atom stereocenters. The van der Waals surface area contributed by atoms with Gasteiger partial charge in [0.2, 0.25) is 0 Å². The largest absolute Gasteiger partial charge is 0.479 e. The molecule has 73 heavy (non-hydrogen) atoms. The number of hydrogen-bond acceptors (Lipinski definition) is 11. The van der Waals surface area contributed by atoms with Gasteiger partial charge in [0.25, 0.3) is 0 Å². The van der Waals surface area contributed by atoms with E-state index in [1.807, 2.05) is 12.2 Å². The highest BCUT2D eigenvalue weighted by atomic mass is 16.7. The van der Waals surface area contributed by atoms with Gasteiger partial charge in [-0.1, -0.05) is 222 Å². The second kappa shape index (κ2) is 49.1. The number of carboxylic acids is 1. The molecule has 0 aromatic rings. The zero-order valence-electron chi connectivity index (χ0n) is 45.9. The third-order valence-electron chi connectivity index (χ3n) is 12.8. The Morgan fingerprint density at radius 2 is 0.904 bits per heavy atom. The molecular formula is C61H102O12. The quantitative estimate of drug-likeness (QED) is 0.0228. The van der Waals surface area contributed by atoms with Gasteiger partial charge in [0.1, 0.15) is 18.8 Å². The van der Waals surface area contributed by atoms with E-state index in [9.17, 15) is 34.5 Å². The Morgan fingerprint density at radius 1 is 0.479 bits per heavy atom. The zero-order chi connectivity index (χ0) is 53.3. The number of aliphatic hydroxyl groups excluding tert-OH is 2. The molecule has 1 fully saturated rings. The zero-order valence-corrected chi connectivity index (χ0v) is 45.9. The van der Waals surface area contributed by atoms with Crippen LogP contribution in [0.2, 0.25) is 0 Å². The SMILES string of the molecule is CC/C=C\C/C=C\C/C=C\C/C=C\C/C=C\CC(=O)OCC(COC1OC(C(=O)O)C(O)C(O)C1OC(=O)CCCCCCCCCCC/C=C\CCCCCCCC)OC(=O)CCCCCCCCCCC. The molecule has 0 amide bonds. The second-order valence-electron chi connectivity index (χ2n) is 19.6. The summed E-state index contributed by atoms with van der Waals surface area (Å²) >= 11 is 0. The summed E-state index contributed by atoms with van der Waals surface area (Å²) in [4.78, 5) is 50.9. The van der Waals surface area contributed by atoms with E-state index in [1.54, 1.807) is 6.08 Å². The Balaban J connectivity index is 2.68. The molecule has 1 aliphatic heterocycles. The van der Waals surface area contributed by atoms with Crippen molar-refractivity contribution >= 4 is 23.9 Å². The maximum atomic E-state index is 13.1. The Kier molecular flexibility index (Phi) is 45.1. The molecule has 0 saturated carbocycles. The molecule has 1 heterocycles. The molecule has 12 heteroatoms. The summed E-state index contributed by atoms with van der Waals surface area (Å²) in [5.41, 5.74) is 0. The molecule has 3 N–H and O–H groups in total. The first-order chi connectivity index (χ1) is 35.6. The lowest BCUT2D eigenvalue weighted by molar-refractivity contribution is -0.301. The highest BCUT2D eigenvalue weighted by Gasteiger charge is 2.50. The number of carbonyl (C=O) groups excluding carboxylic acids is 3. The van der Waals surface area contributed by atoms with Gasteiger partial charge >= 0.3 is 23.9 Å². The van der Waals surface area contributed by atoms with Gasteiger partial charge in [-0.2, -0.15) is 0 Å². The molecule has 6 atom stereocenters. The maximum absolute atomic E-state index is 13.1. The standard InChI is InChI=1S/C61H102O12/c1-4-7-10-13-16-19-21-23-25-26-27-28-30-32-34-37-40-43-46-49-55(64)72-59-57(66)56(65)58(60(67)68)73-61(59)70-51-52(71-54(63)48-45-42-39-35-18-15-12-9-6-3)50-69-53(62)47-44-41-38-36-33-31-29-24-22-20-17-14-11-8-5-2/h8,11,17,20,23-25,29,33,36,41,44,52,56-59,61,65-66H,4-7,9-10,12-16,18-19,21-22,26-28,30-32,34-35,37-40,42-43,45-51H2,1-3H3,(H,67,68)/b11-8-,20-17-,25-23-,29-24-,36-33-,44-41-. The number of ether oxygens (including phenoxy) is 5. The van der Waals surface area contributed by atoms with Crippen LogP contribution in [0.15, 0.2) is 72.9 Å². The molecule has 0 aliphatic carbocycles. The van der Waals surface area contributed by atoms with Crippen molar-refractivity contribution in [2.24, 2.45) is 0 Å². The maximum Gasteiger partial charge on any atom is 0.335 e. The van der Waals surface area contributed by atoms with E-state index < -0.39 is 67.3 Å². The third-order valence-corrected chi connectivity index (χ3v) is 12.8. The van der Waals surface area contributed by atoms with Crippen molar-refractivity contribution in [3.63, 3.8) is 0 Å². The van der Waals surface area contributed by atoms with E-state index in [4.69, 9.17) is 23.7 Å². The molecule has 0 aromatic heterocycles. The molecule has 1 rings (SSSR count). The van der Waals surface area contributed by atoms with Crippen molar-refractivity contribution in [2.45, 2.75) is 276 Å². The lowest BCUT2D eigenvalue weighted by atomic mass is 9.98. The second-order valence-corrected chi connectivity index (χ2v) is 19.6. The Morgan fingerprint density at radius 3 is 1.37 bits per heavy atom. The lowest BCUT2D eigenvalue weighted by Crippen LogP contribution is -2.61. The smallest absolute Gasteiger partial charge is 0.335 e. The average molecular weight is 1030 g/mol. The van der Waals surface area contributed by atoms with Crippen LogP contribution in [-0.2, 0) is 42.9 Å². The fourth-order valence-corrected chi connectivity index (χ4v) is 8.38. The van der Waals surface area contributed by atoms with Crippen molar-refractivity contribution < 1.29 is 58.2 Å². The molecule has 1 saturated heterocycles. The van der Waals surface area contributed by atoms with Gasteiger partial charge in [0, 0.05) is 12.8 Å². The van der Waals surface area contributed by atoms with Crippen molar-refractivity contribution in [1.29, 1.82) is 0 Å². The van der Waals surface area contributed by atoms with Gasteiger partial charge in [-0.3, -0.25) is 14.4 Å². The van der Waals surface area contributed by atoms with E-state index >= 15 is 0 Å². The first kappa shape index (κ1) is 67.2. The molecule has 418 valence electrons. The van der Waals surface area contributed by atoms with Crippen LogP contribution in [0.5, 0.6) is 0 Å². The van der Waals surface area contributed by atoms with Crippen LogP contribution in [0.3, 0.4) is 0 Å². The Hall–Kier alpha value is -3.84. The molecule has 12 nitrogen and oxygen atoms in total. The van der Waals surface area contributed by atoms with Crippen LogP contribution in [0.25, 0.3) is 0 Å². The van der Waals surface area contributed by atoms with Gasteiger partial charge in [-0.25, -0.2) is 4.79 Å². The molecule has 0 bridgehead atoms. The van der Waals surface area contributed by atoms with E-state index in [-0.39, 0.29) is 25.9 Å². The van der Waals surface area contributed by atoms with Crippen LogP contribution in [0.4, 0.5) is 0 Å². The van der Waals surface area contributed by atoms with E-state index in [1.165, 1.54) is 103 Å². The summed E-state index contributed by atoms with van der Waals surface area (Å²) in [6.45, 7) is 5.76. The number of allylic oxidation sites excluding steroid dienone is 11. The predicted molar refractivity (Wildman–Crippen MR) is 294 cm³/mol. The molecular weight excluding hydrogens is 925 g/mol. The fraction of sp³-hybridized carbons (Fsp3) is 0.738. The summed E-state index contributed by atoms with van der Waals surface area (Å²) in [5.74, 6) is -3.28. The van der Waals surface area contributed by atoms with Crippen molar-refractivity contribution in [3.8, 4) is 0 Å². The first-order valence-electron chi connectivity index (χ1n) is 28.9. The normalized spacial score (nSPS) is 18.8. The number of carbonyl (C=O) groups is 4. The highest BCUT2D eigenvalue weighted by molar-refractivity contribution is 5.74. The van der Waals surface area contributed by atoms with E-state index in [0.29, 0.717) is 19.3 Å². The number of unbranched alkanes of at least 4 members (excludes halogenated alkanes) is 23. The number of hydrogen-bond donors (Lipinski definition) is 3. The van der Waals surface area contributed by atoms with Gasteiger partial charge in [-0.05, 0) is 70.6 Å². The number of carboxylic acid groups (broad SMARTS) is 1. The molecule has 0 spiro atoms. The fourth-order valence-electron chi connectivity index (χ4n) is 8.38. The summed E-state index contributed by atoms with van der Waals surface area (Å²) in [6, 6.07) is 0. The third kappa shape index (κ3) is 39.3. The first-order valence-corrected chi connectivity index (χ1v) is 28.9. The minimum atomic E-state index is -1.91. The summed E-state index contributed by atoms with van der Waals surface area (Å²) in [6.07, 6.45) is 49.2. The Labute approximate surface area is 442 Å². The van der Waals surface area contributed by atoms with Gasteiger partial charge in [0.15, 0.2) is 24.6 Å². The molecule has 1 aliphatic rings.